The molecule has 0 aliphatic rings. The third kappa shape index (κ3) is 12.9. The molecule has 0 radical (unpaired) electrons. The Kier molecular flexibility index (Phi) is 10.4. The second-order valence-electron chi connectivity index (χ2n) is 6.27. The number of benzene rings is 1. The highest BCUT2D eigenvalue weighted by Gasteiger charge is 2.32. The minimum Gasteiger partial charge on any atom is -0.455 e. The normalized spacial score (nSPS) is 12.9. The number of alkyl halides is 6. The summed E-state index contributed by atoms with van der Waals surface area (Å²) >= 11 is 0. The Morgan fingerprint density at radius 3 is 2.20 bits per heavy atom. The van der Waals surface area contributed by atoms with Gasteiger partial charge in [0.05, 0.1) is 6.54 Å². The first-order chi connectivity index (χ1) is 14.0. The lowest BCUT2D eigenvalue weighted by atomic mass is 10.1. The van der Waals surface area contributed by atoms with E-state index in [0.29, 0.717) is 5.56 Å². The zero-order valence-electron chi connectivity index (χ0n) is 15.8. The lowest BCUT2D eigenvalue weighted by Crippen LogP contribution is -2.43. The van der Waals surface area contributed by atoms with Crippen molar-refractivity contribution in [3.05, 3.63) is 35.9 Å². The molecule has 1 aromatic carbocycles. The molecule has 0 aliphatic heterocycles. The number of rotatable bonds is 11. The number of carbonyl (C=O) groups is 2. The van der Waals surface area contributed by atoms with E-state index in [4.69, 9.17) is 4.74 Å². The molecule has 1 aromatic rings. The van der Waals surface area contributed by atoms with Crippen LogP contribution in [0.5, 0.6) is 0 Å². The number of esters is 1. The van der Waals surface area contributed by atoms with Crippen molar-refractivity contribution in [1.82, 2.24) is 10.6 Å². The third-order valence-electron chi connectivity index (χ3n) is 3.59. The molecule has 0 aliphatic carbocycles. The Hall–Kier alpha value is -2.50. The monoisotopic (exact) mass is 444 g/mol. The molecule has 2 N–H and O–H groups in total. The quantitative estimate of drug-likeness (QED) is 0.309. The molecule has 6 nitrogen and oxygen atoms in total. The molecule has 170 valence electrons. The summed E-state index contributed by atoms with van der Waals surface area (Å²) in [5, 5.41) is 4.29. The predicted molar refractivity (Wildman–Crippen MR) is 93.3 cm³/mol. The molecule has 0 fully saturated rings. The minimum atomic E-state index is -4.74. The third-order valence-corrected chi connectivity index (χ3v) is 3.59. The number of hydrogen-bond acceptors (Lipinski definition) is 5. The van der Waals surface area contributed by atoms with E-state index in [9.17, 15) is 35.9 Å². The average molecular weight is 444 g/mol. The molecular formula is C18H22F6N2O4. The molecule has 0 heterocycles. The Balaban J connectivity index is 2.50. The molecule has 0 unspecified atom stereocenters. The van der Waals surface area contributed by atoms with E-state index in [1.54, 1.807) is 30.3 Å². The standard InChI is InChI=1S/C18H22F6N2O4/c19-17(20,21)11-25-9-5-4-8-14(15(27)30-12-18(22,23)24)26-16(28)29-10-13-6-2-1-3-7-13/h1-3,6-7,14,25H,4-5,8-12H2,(H,26,28)/t14-/m0/s1. The van der Waals surface area contributed by atoms with Crippen LogP contribution in [-0.2, 0) is 20.9 Å². The van der Waals surface area contributed by atoms with E-state index in [-0.39, 0.29) is 32.4 Å². The summed E-state index contributed by atoms with van der Waals surface area (Å²) in [6.07, 6.45) is -9.94. The first-order valence-electron chi connectivity index (χ1n) is 8.94. The van der Waals surface area contributed by atoms with E-state index in [0.717, 1.165) is 0 Å². The van der Waals surface area contributed by atoms with E-state index < -0.39 is 43.6 Å². The molecular weight excluding hydrogens is 422 g/mol. The van der Waals surface area contributed by atoms with Crippen molar-refractivity contribution in [3.8, 4) is 0 Å². The van der Waals surface area contributed by atoms with Gasteiger partial charge in [0.1, 0.15) is 12.6 Å². The van der Waals surface area contributed by atoms with Crippen molar-refractivity contribution >= 4 is 12.1 Å². The van der Waals surface area contributed by atoms with Crippen LogP contribution in [0.2, 0.25) is 0 Å². The van der Waals surface area contributed by atoms with Crippen LogP contribution in [0.15, 0.2) is 30.3 Å². The zero-order valence-corrected chi connectivity index (χ0v) is 15.8. The van der Waals surface area contributed by atoms with Gasteiger partial charge in [-0.05, 0) is 31.4 Å². The highest BCUT2D eigenvalue weighted by Crippen LogP contribution is 2.16. The molecule has 1 amide bonds. The molecule has 12 heteroatoms. The maximum Gasteiger partial charge on any atom is 0.422 e. The van der Waals surface area contributed by atoms with Crippen LogP contribution in [0.3, 0.4) is 0 Å². The number of hydrogen-bond donors (Lipinski definition) is 2. The molecule has 0 saturated heterocycles. The van der Waals surface area contributed by atoms with Gasteiger partial charge in [-0.3, -0.25) is 0 Å². The highest BCUT2D eigenvalue weighted by molar-refractivity contribution is 5.81. The Morgan fingerprint density at radius 1 is 0.933 bits per heavy atom. The summed E-state index contributed by atoms with van der Waals surface area (Å²) in [7, 11) is 0. The summed E-state index contributed by atoms with van der Waals surface area (Å²) in [5.41, 5.74) is 0.652. The predicted octanol–water partition coefficient (Wildman–Crippen LogP) is 3.71. The van der Waals surface area contributed by atoms with E-state index in [1.165, 1.54) is 0 Å². The van der Waals surface area contributed by atoms with Gasteiger partial charge in [-0.2, -0.15) is 26.3 Å². The van der Waals surface area contributed by atoms with Crippen LogP contribution in [0.4, 0.5) is 31.1 Å². The number of amides is 1. The molecule has 0 bridgehead atoms. The summed E-state index contributed by atoms with van der Waals surface area (Å²) in [6, 6.07) is 7.09. The van der Waals surface area contributed by atoms with Gasteiger partial charge in [-0.1, -0.05) is 30.3 Å². The number of halogens is 6. The Bertz CT molecular complexity index is 652. The van der Waals surface area contributed by atoms with Gasteiger partial charge in [-0.15, -0.1) is 0 Å². The lowest BCUT2D eigenvalue weighted by Gasteiger charge is -2.18. The highest BCUT2D eigenvalue weighted by atomic mass is 19.4. The van der Waals surface area contributed by atoms with Gasteiger partial charge in [0.15, 0.2) is 6.61 Å². The van der Waals surface area contributed by atoms with Crippen LogP contribution in [0.25, 0.3) is 0 Å². The van der Waals surface area contributed by atoms with E-state index in [2.05, 4.69) is 15.4 Å². The van der Waals surface area contributed by atoms with E-state index in [1.807, 2.05) is 0 Å². The van der Waals surface area contributed by atoms with Crippen molar-refractivity contribution in [2.75, 3.05) is 19.7 Å². The molecule has 0 aromatic heterocycles. The minimum absolute atomic E-state index is 0.0255. The Morgan fingerprint density at radius 2 is 1.60 bits per heavy atom. The summed E-state index contributed by atoms with van der Waals surface area (Å²) in [6.45, 7) is -3.16. The van der Waals surface area contributed by atoms with Gasteiger partial charge in [0, 0.05) is 0 Å². The van der Waals surface area contributed by atoms with E-state index >= 15 is 0 Å². The van der Waals surface area contributed by atoms with Crippen LogP contribution >= 0.6 is 0 Å². The second kappa shape index (κ2) is 12.3. The van der Waals surface area contributed by atoms with Gasteiger partial charge < -0.3 is 20.1 Å². The van der Waals surface area contributed by atoms with Crippen LogP contribution in [-0.4, -0.2) is 50.2 Å². The zero-order chi connectivity index (χ0) is 22.6. The smallest absolute Gasteiger partial charge is 0.422 e. The van der Waals surface area contributed by atoms with Crippen LogP contribution in [0, 0.1) is 0 Å². The summed E-state index contributed by atoms with van der Waals surface area (Å²) in [5.74, 6) is -1.31. The fraction of sp³-hybridized carbons (Fsp3) is 0.556. The lowest BCUT2D eigenvalue weighted by molar-refractivity contribution is -0.187. The topological polar surface area (TPSA) is 76.7 Å². The fourth-order valence-electron chi connectivity index (χ4n) is 2.24. The molecule has 30 heavy (non-hydrogen) atoms. The Labute approximate surface area is 168 Å². The van der Waals surface area contributed by atoms with Crippen molar-refractivity contribution in [2.45, 2.75) is 44.3 Å². The molecule has 0 saturated carbocycles. The van der Waals surface area contributed by atoms with Gasteiger partial charge in [0.25, 0.3) is 0 Å². The molecule has 1 atom stereocenters. The first-order valence-corrected chi connectivity index (χ1v) is 8.94. The average Bonchev–Trinajstić information content (AvgIpc) is 2.65. The number of ether oxygens (including phenoxy) is 2. The van der Waals surface area contributed by atoms with Crippen molar-refractivity contribution < 1.29 is 45.4 Å². The van der Waals surface area contributed by atoms with Crippen molar-refractivity contribution in [3.63, 3.8) is 0 Å². The van der Waals surface area contributed by atoms with Crippen molar-refractivity contribution in [2.24, 2.45) is 0 Å². The number of alkyl carbamates (subject to hydrolysis) is 1. The summed E-state index contributed by atoms with van der Waals surface area (Å²) < 4.78 is 81.9. The fourth-order valence-corrected chi connectivity index (χ4v) is 2.24. The first kappa shape index (κ1) is 25.5. The second-order valence-corrected chi connectivity index (χ2v) is 6.27. The van der Waals surface area contributed by atoms with Crippen LogP contribution in [0.1, 0.15) is 24.8 Å². The maximum atomic E-state index is 12.2. The van der Waals surface area contributed by atoms with Crippen LogP contribution < -0.4 is 10.6 Å². The number of nitrogens with one attached hydrogen (secondary N) is 2. The SMILES string of the molecule is O=C(N[C@@H](CCCCNCC(F)(F)F)C(=O)OCC(F)(F)F)OCc1ccccc1. The van der Waals surface area contributed by atoms with Gasteiger partial charge >= 0.3 is 24.4 Å². The maximum absolute atomic E-state index is 12.2. The number of carbonyl (C=O) groups excluding carboxylic acids is 2. The largest absolute Gasteiger partial charge is 0.455 e. The number of unbranched alkanes of at least 4 members (excludes halogenated alkanes) is 1. The summed E-state index contributed by atoms with van der Waals surface area (Å²) in [4.78, 5) is 23.8. The molecule has 1 rings (SSSR count). The molecule has 0 spiro atoms. The van der Waals surface area contributed by atoms with Gasteiger partial charge in [-0.25, -0.2) is 9.59 Å². The van der Waals surface area contributed by atoms with Gasteiger partial charge in [0.2, 0.25) is 0 Å². The van der Waals surface area contributed by atoms with Crippen molar-refractivity contribution in [1.29, 1.82) is 0 Å².